The Morgan fingerprint density at radius 2 is 2.10 bits per heavy atom. The second kappa shape index (κ2) is 5.92. The van der Waals surface area contributed by atoms with E-state index in [1.54, 1.807) is 0 Å². The molecule has 0 amide bonds. The van der Waals surface area contributed by atoms with E-state index in [9.17, 15) is 0 Å². The first-order chi connectivity index (χ1) is 10.0. The normalized spacial score (nSPS) is 30.9. The van der Waals surface area contributed by atoms with Gasteiger partial charge in [0, 0.05) is 22.5 Å². The molecule has 21 heavy (non-hydrogen) atoms. The van der Waals surface area contributed by atoms with E-state index in [1.807, 2.05) is 0 Å². The van der Waals surface area contributed by atoms with Crippen LogP contribution in [0.15, 0.2) is 22.7 Å². The van der Waals surface area contributed by atoms with E-state index in [4.69, 9.17) is 4.74 Å². The van der Waals surface area contributed by atoms with Crippen LogP contribution in [0.1, 0.15) is 58.1 Å². The van der Waals surface area contributed by atoms with Crippen molar-refractivity contribution in [1.82, 2.24) is 5.32 Å². The average Bonchev–Trinajstić information content (AvgIpc) is 2.41. The minimum atomic E-state index is 0.0775. The Morgan fingerprint density at radius 1 is 1.33 bits per heavy atom. The molecule has 1 N–H and O–H groups in total. The summed E-state index contributed by atoms with van der Waals surface area (Å²) in [5.41, 5.74) is 1.40. The lowest BCUT2D eigenvalue weighted by molar-refractivity contribution is -0.0873. The fourth-order valence-electron chi connectivity index (χ4n) is 3.76. The van der Waals surface area contributed by atoms with Crippen molar-refractivity contribution in [1.29, 1.82) is 0 Å². The fraction of sp³-hybridized carbons (Fsp3) is 0.667. The van der Waals surface area contributed by atoms with Crippen LogP contribution in [0.2, 0.25) is 0 Å². The number of hydrogen-bond donors (Lipinski definition) is 1. The maximum absolute atomic E-state index is 6.46. The number of fused-ring (bicyclic) bond motifs is 1. The third-order valence-corrected chi connectivity index (χ3v) is 5.60. The first kappa shape index (κ1) is 15.4. The van der Waals surface area contributed by atoms with Crippen molar-refractivity contribution < 1.29 is 4.74 Å². The number of ether oxygens (including phenoxy) is 1. The molecule has 2 aliphatic rings. The van der Waals surface area contributed by atoms with E-state index in [1.165, 1.54) is 24.8 Å². The van der Waals surface area contributed by atoms with Crippen LogP contribution in [-0.4, -0.2) is 12.1 Å². The molecule has 0 radical (unpaired) electrons. The molecule has 1 aliphatic heterocycles. The van der Waals surface area contributed by atoms with Crippen LogP contribution in [0.4, 0.5) is 0 Å². The van der Waals surface area contributed by atoms with E-state index < -0.39 is 0 Å². The van der Waals surface area contributed by atoms with Crippen molar-refractivity contribution in [3.8, 4) is 5.75 Å². The first-order valence-corrected chi connectivity index (χ1v) is 9.04. The van der Waals surface area contributed by atoms with Gasteiger partial charge in [-0.15, -0.1) is 0 Å². The number of hydrogen-bond acceptors (Lipinski definition) is 2. The molecule has 3 rings (SSSR count). The van der Waals surface area contributed by atoms with Crippen molar-refractivity contribution in [3.05, 3.63) is 28.2 Å². The standard InChI is InChI=1S/C18H26BrNO/c1-4-7-20-16-11-18(9-13(10-18)12(2)3)21-17-8-14(19)5-6-15(16)17/h5-6,8,12-13,16,20H,4,7,9-11H2,1-3H3. The van der Waals surface area contributed by atoms with Crippen molar-refractivity contribution in [2.45, 2.75) is 58.1 Å². The second-order valence-corrected chi connectivity index (χ2v) is 8.01. The second-order valence-electron chi connectivity index (χ2n) is 7.09. The SMILES string of the molecule is CCCNC1CC2(CC(C(C)C)C2)Oc2cc(Br)ccc21. The Labute approximate surface area is 136 Å². The van der Waals surface area contributed by atoms with Gasteiger partial charge in [0.25, 0.3) is 0 Å². The molecule has 0 aromatic heterocycles. The van der Waals surface area contributed by atoms with Gasteiger partial charge in [-0.1, -0.05) is 42.8 Å². The quantitative estimate of drug-likeness (QED) is 0.816. The summed E-state index contributed by atoms with van der Waals surface area (Å²) in [4.78, 5) is 0. The van der Waals surface area contributed by atoms with E-state index in [0.29, 0.717) is 6.04 Å². The maximum Gasteiger partial charge on any atom is 0.126 e. The lowest BCUT2D eigenvalue weighted by Gasteiger charge is -2.53. The average molecular weight is 352 g/mol. The minimum absolute atomic E-state index is 0.0775. The highest BCUT2D eigenvalue weighted by atomic mass is 79.9. The summed E-state index contributed by atoms with van der Waals surface area (Å²) in [6, 6.07) is 6.91. The number of nitrogens with one attached hydrogen (secondary N) is 1. The Bertz CT molecular complexity index is 508. The molecule has 1 aromatic carbocycles. The summed E-state index contributed by atoms with van der Waals surface area (Å²) in [5.74, 6) is 2.67. The van der Waals surface area contributed by atoms with Gasteiger partial charge in [0.15, 0.2) is 0 Å². The van der Waals surface area contributed by atoms with Crippen LogP contribution in [0.3, 0.4) is 0 Å². The molecule has 1 saturated carbocycles. The van der Waals surface area contributed by atoms with Crippen LogP contribution >= 0.6 is 15.9 Å². The van der Waals surface area contributed by atoms with Gasteiger partial charge in [-0.05, 0) is 49.8 Å². The summed E-state index contributed by atoms with van der Waals surface area (Å²) in [6.45, 7) is 7.96. The Kier molecular flexibility index (Phi) is 4.33. The Hall–Kier alpha value is -0.540. The highest BCUT2D eigenvalue weighted by Crippen LogP contribution is 2.53. The molecule has 1 aliphatic carbocycles. The van der Waals surface area contributed by atoms with Gasteiger partial charge in [0.1, 0.15) is 11.4 Å². The van der Waals surface area contributed by atoms with E-state index in [0.717, 1.165) is 35.0 Å². The van der Waals surface area contributed by atoms with Crippen LogP contribution in [-0.2, 0) is 0 Å². The van der Waals surface area contributed by atoms with Crippen molar-refractivity contribution in [2.24, 2.45) is 11.8 Å². The predicted octanol–water partition coefficient (Wildman–Crippen LogP) is 5.08. The maximum atomic E-state index is 6.46. The molecule has 116 valence electrons. The van der Waals surface area contributed by atoms with E-state index >= 15 is 0 Å². The van der Waals surface area contributed by atoms with Gasteiger partial charge < -0.3 is 10.1 Å². The molecule has 0 bridgehead atoms. The van der Waals surface area contributed by atoms with Crippen LogP contribution < -0.4 is 10.1 Å². The monoisotopic (exact) mass is 351 g/mol. The fourth-order valence-corrected chi connectivity index (χ4v) is 4.10. The van der Waals surface area contributed by atoms with Crippen LogP contribution in [0.25, 0.3) is 0 Å². The molecule has 0 saturated heterocycles. The third kappa shape index (κ3) is 3.00. The molecular weight excluding hydrogens is 326 g/mol. The molecule has 1 aromatic rings. The highest BCUT2D eigenvalue weighted by molar-refractivity contribution is 9.10. The van der Waals surface area contributed by atoms with Gasteiger partial charge in [-0.3, -0.25) is 0 Å². The Morgan fingerprint density at radius 3 is 2.76 bits per heavy atom. The van der Waals surface area contributed by atoms with Crippen molar-refractivity contribution in [3.63, 3.8) is 0 Å². The van der Waals surface area contributed by atoms with Crippen LogP contribution in [0.5, 0.6) is 5.75 Å². The Balaban J connectivity index is 1.82. The highest BCUT2D eigenvalue weighted by Gasteiger charge is 2.51. The predicted molar refractivity (Wildman–Crippen MR) is 90.7 cm³/mol. The van der Waals surface area contributed by atoms with Crippen molar-refractivity contribution >= 4 is 15.9 Å². The lowest BCUT2D eigenvalue weighted by Crippen LogP contribution is -2.54. The largest absolute Gasteiger partial charge is 0.487 e. The van der Waals surface area contributed by atoms with E-state index in [-0.39, 0.29) is 5.60 Å². The minimum Gasteiger partial charge on any atom is -0.487 e. The van der Waals surface area contributed by atoms with E-state index in [2.05, 4.69) is 60.2 Å². The summed E-state index contributed by atoms with van der Waals surface area (Å²) in [7, 11) is 0. The molecule has 1 atom stereocenters. The number of benzene rings is 1. The smallest absolute Gasteiger partial charge is 0.126 e. The lowest BCUT2D eigenvalue weighted by atomic mass is 9.62. The summed E-state index contributed by atoms with van der Waals surface area (Å²) < 4.78 is 7.56. The van der Waals surface area contributed by atoms with Gasteiger partial charge >= 0.3 is 0 Å². The van der Waals surface area contributed by atoms with Crippen LogP contribution in [0, 0.1) is 11.8 Å². The topological polar surface area (TPSA) is 21.3 Å². The van der Waals surface area contributed by atoms with Crippen molar-refractivity contribution in [2.75, 3.05) is 6.54 Å². The molecule has 2 nitrogen and oxygen atoms in total. The molecule has 1 heterocycles. The summed E-state index contributed by atoms with van der Waals surface area (Å²) in [6.07, 6.45) is 4.71. The van der Waals surface area contributed by atoms with Gasteiger partial charge in [0.05, 0.1) is 0 Å². The first-order valence-electron chi connectivity index (χ1n) is 8.25. The number of rotatable bonds is 4. The van der Waals surface area contributed by atoms with Gasteiger partial charge in [-0.25, -0.2) is 0 Å². The molecular formula is C18H26BrNO. The van der Waals surface area contributed by atoms with Gasteiger partial charge in [0.2, 0.25) is 0 Å². The molecule has 1 spiro atoms. The zero-order valence-corrected chi connectivity index (χ0v) is 14.9. The summed E-state index contributed by atoms with van der Waals surface area (Å²) in [5, 5.41) is 3.72. The van der Waals surface area contributed by atoms with Gasteiger partial charge in [-0.2, -0.15) is 0 Å². The molecule has 1 unspecified atom stereocenters. The number of halogens is 1. The molecule has 3 heteroatoms. The zero-order chi connectivity index (χ0) is 15.0. The molecule has 1 fully saturated rings. The third-order valence-electron chi connectivity index (χ3n) is 5.11. The zero-order valence-electron chi connectivity index (χ0n) is 13.3. The summed E-state index contributed by atoms with van der Waals surface area (Å²) >= 11 is 3.58.